The van der Waals surface area contributed by atoms with Gasteiger partial charge in [0.1, 0.15) is 0 Å². The minimum atomic E-state index is 0.637. The number of rotatable bonds is 5. The Morgan fingerprint density at radius 3 is 2.58 bits per heavy atom. The lowest BCUT2D eigenvalue weighted by Gasteiger charge is -2.22. The summed E-state index contributed by atoms with van der Waals surface area (Å²) in [5.41, 5.74) is 2.98. The highest BCUT2D eigenvalue weighted by Crippen LogP contribution is 2.15. The maximum Gasteiger partial charge on any atom is 0.193 e. The SMILES string of the molecule is CN=C(NCc1cccc(C#N)c1)N(C)Cc1ccc(SC)cc1. The Bertz CT molecular complexity index is 732. The van der Waals surface area contributed by atoms with Crippen LogP contribution in [-0.2, 0) is 13.1 Å². The first-order valence-corrected chi connectivity index (χ1v) is 8.92. The molecule has 0 aliphatic rings. The zero-order valence-corrected chi connectivity index (χ0v) is 15.1. The monoisotopic (exact) mass is 338 g/mol. The summed E-state index contributed by atoms with van der Waals surface area (Å²) in [7, 11) is 3.80. The molecule has 0 heterocycles. The van der Waals surface area contributed by atoms with Crippen LogP contribution in [0.4, 0.5) is 0 Å². The quantitative estimate of drug-likeness (QED) is 0.515. The molecule has 0 saturated heterocycles. The van der Waals surface area contributed by atoms with Crippen molar-refractivity contribution in [2.24, 2.45) is 4.99 Å². The molecule has 0 amide bonds. The third-order valence-electron chi connectivity index (χ3n) is 3.66. The number of nitrogens with one attached hydrogen (secondary N) is 1. The van der Waals surface area contributed by atoms with E-state index in [-0.39, 0.29) is 0 Å². The van der Waals surface area contributed by atoms with Crippen molar-refractivity contribution in [2.75, 3.05) is 20.4 Å². The molecule has 4 nitrogen and oxygen atoms in total. The van der Waals surface area contributed by atoms with E-state index in [0.717, 1.165) is 18.1 Å². The topological polar surface area (TPSA) is 51.4 Å². The predicted octanol–water partition coefficient (Wildman–Crippen LogP) is 3.49. The van der Waals surface area contributed by atoms with Crippen LogP contribution >= 0.6 is 11.8 Å². The summed E-state index contributed by atoms with van der Waals surface area (Å²) in [5, 5.41) is 12.3. The van der Waals surface area contributed by atoms with Gasteiger partial charge in [0.25, 0.3) is 0 Å². The molecule has 1 N–H and O–H groups in total. The van der Waals surface area contributed by atoms with E-state index in [2.05, 4.69) is 51.8 Å². The number of hydrogen-bond acceptors (Lipinski definition) is 3. The van der Waals surface area contributed by atoms with E-state index in [1.807, 2.05) is 31.3 Å². The van der Waals surface area contributed by atoms with Crippen molar-refractivity contribution in [3.05, 3.63) is 65.2 Å². The van der Waals surface area contributed by atoms with Crippen LogP contribution in [0, 0.1) is 11.3 Å². The highest BCUT2D eigenvalue weighted by atomic mass is 32.2. The molecule has 0 radical (unpaired) electrons. The molecule has 0 saturated carbocycles. The number of aliphatic imine (C=N–C) groups is 1. The average Bonchev–Trinajstić information content (AvgIpc) is 2.63. The first-order valence-electron chi connectivity index (χ1n) is 7.70. The van der Waals surface area contributed by atoms with Gasteiger partial charge in [0, 0.05) is 32.1 Å². The van der Waals surface area contributed by atoms with Crippen LogP contribution in [0.15, 0.2) is 58.4 Å². The molecule has 24 heavy (non-hydrogen) atoms. The van der Waals surface area contributed by atoms with E-state index < -0.39 is 0 Å². The second-order valence-corrected chi connectivity index (χ2v) is 6.30. The number of nitrogens with zero attached hydrogens (tertiary/aromatic N) is 3. The lowest BCUT2D eigenvalue weighted by atomic mass is 10.1. The first-order chi connectivity index (χ1) is 11.7. The highest BCUT2D eigenvalue weighted by Gasteiger charge is 2.07. The van der Waals surface area contributed by atoms with Gasteiger partial charge in [-0.25, -0.2) is 0 Å². The van der Waals surface area contributed by atoms with Crippen molar-refractivity contribution < 1.29 is 0 Å². The largest absolute Gasteiger partial charge is 0.352 e. The van der Waals surface area contributed by atoms with Gasteiger partial charge in [0.15, 0.2) is 5.96 Å². The lowest BCUT2D eigenvalue weighted by molar-refractivity contribution is 0.476. The molecule has 124 valence electrons. The average molecular weight is 338 g/mol. The minimum absolute atomic E-state index is 0.637. The molecule has 2 rings (SSSR count). The maximum atomic E-state index is 8.97. The number of hydrogen-bond donors (Lipinski definition) is 1. The van der Waals surface area contributed by atoms with Gasteiger partial charge in [0.2, 0.25) is 0 Å². The molecule has 2 aromatic carbocycles. The second kappa shape index (κ2) is 8.99. The first kappa shape index (κ1) is 17.9. The van der Waals surface area contributed by atoms with Crippen LogP contribution in [0.3, 0.4) is 0 Å². The van der Waals surface area contributed by atoms with Crippen LogP contribution in [0.5, 0.6) is 0 Å². The molecule has 0 spiro atoms. The zero-order chi connectivity index (χ0) is 17.4. The number of guanidine groups is 1. The van der Waals surface area contributed by atoms with Gasteiger partial charge in [-0.15, -0.1) is 11.8 Å². The summed E-state index contributed by atoms with van der Waals surface area (Å²) in [6.45, 7) is 1.42. The van der Waals surface area contributed by atoms with Crippen molar-refractivity contribution in [3.8, 4) is 6.07 Å². The van der Waals surface area contributed by atoms with Crippen molar-refractivity contribution in [1.29, 1.82) is 5.26 Å². The Hall–Kier alpha value is -2.45. The fourth-order valence-corrected chi connectivity index (χ4v) is 2.80. The zero-order valence-electron chi connectivity index (χ0n) is 14.3. The van der Waals surface area contributed by atoms with E-state index in [9.17, 15) is 0 Å². The lowest BCUT2D eigenvalue weighted by Crippen LogP contribution is -2.38. The van der Waals surface area contributed by atoms with Crippen LogP contribution in [-0.4, -0.2) is 31.2 Å². The van der Waals surface area contributed by atoms with E-state index >= 15 is 0 Å². The molecule has 2 aromatic rings. The van der Waals surface area contributed by atoms with Crippen LogP contribution < -0.4 is 5.32 Å². The molecule has 0 bridgehead atoms. The summed E-state index contributed by atoms with van der Waals surface area (Å²) >= 11 is 1.74. The van der Waals surface area contributed by atoms with E-state index in [4.69, 9.17) is 5.26 Å². The summed E-state index contributed by atoms with van der Waals surface area (Å²) in [4.78, 5) is 7.69. The summed E-state index contributed by atoms with van der Waals surface area (Å²) < 4.78 is 0. The molecule has 0 unspecified atom stereocenters. The molecule has 0 aromatic heterocycles. The van der Waals surface area contributed by atoms with E-state index in [1.165, 1.54) is 10.5 Å². The predicted molar refractivity (Wildman–Crippen MR) is 101 cm³/mol. The summed E-state index contributed by atoms with van der Waals surface area (Å²) in [6.07, 6.45) is 2.08. The number of benzene rings is 2. The van der Waals surface area contributed by atoms with Crippen LogP contribution in [0.1, 0.15) is 16.7 Å². The third kappa shape index (κ3) is 5.04. The Balaban J connectivity index is 1.95. The Morgan fingerprint density at radius 1 is 1.21 bits per heavy atom. The molecule has 0 fully saturated rings. The van der Waals surface area contributed by atoms with E-state index in [1.54, 1.807) is 18.8 Å². The Kier molecular flexibility index (Phi) is 6.71. The van der Waals surface area contributed by atoms with Gasteiger partial charge >= 0.3 is 0 Å². The van der Waals surface area contributed by atoms with E-state index in [0.29, 0.717) is 12.1 Å². The van der Waals surface area contributed by atoms with Gasteiger partial charge in [-0.05, 0) is 41.6 Å². The van der Waals surface area contributed by atoms with Crippen molar-refractivity contribution >= 4 is 17.7 Å². The maximum absolute atomic E-state index is 8.97. The van der Waals surface area contributed by atoms with Gasteiger partial charge in [-0.3, -0.25) is 4.99 Å². The standard InChI is InChI=1S/C19H22N4S/c1-21-19(22-13-17-6-4-5-16(11-17)12-20)23(2)14-15-7-9-18(24-3)10-8-15/h4-11H,13-14H2,1-3H3,(H,21,22). The second-order valence-electron chi connectivity index (χ2n) is 5.42. The molecule has 0 atom stereocenters. The molecule has 5 heteroatoms. The van der Waals surface area contributed by atoms with Crippen LogP contribution in [0.25, 0.3) is 0 Å². The number of nitriles is 1. The fraction of sp³-hybridized carbons (Fsp3) is 0.263. The van der Waals surface area contributed by atoms with Crippen molar-refractivity contribution in [3.63, 3.8) is 0 Å². The smallest absolute Gasteiger partial charge is 0.193 e. The summed E-state index contributed by atoms with van der Waals surface area (Å²) in [6, 6.07) is 18.3. The number of thioether (sulfide) groups is 1. The van der Waals surface area contributed by atoms with Gasteiger partial charge in [-0.1, -0.05) is 24.3 Å². The van der Waals surface area contributed by atoms with Gasteiger partial charge in [-0.2, -0.15) is 5.26 Å². The molecular formula is C19H22N4S. The molecule has 0 aliphatic heterocycles. The highest BCUT2D eigenvalue weighted by molar-refractivity contribution is 7.98. The fourth-order valence-electron chi connectivity index (χ4n) is 2.40. The third-order valence-corrected chi connectivity index (χ3v) is 4.40. The minimum Gasteiger partial charge on any atom is -0.352 e. The van der Waals surface area contributed by atoms with Gasteiger partial charge in [0.05, 0.1) is 11.6 Å². The normalized spacial score (nSPS) is 11.0. The molecular weight excluding hydrogens is 316 g/mol. The molecule has 0 aliphatic carbocycles. The summed E-state index contributed by atoms with van der Waals surface area (Å²) in [5.74, 6) is 0.825. The Labute approximate surface area is 148 Å². The Morgan fingerprint density at radius 2 is 1.96 bits per heavy atom. The van der Waals surface area contributed by atoms with Crippen LogP contribution in [0.2, 0.25) is 0 Å². The van der Waals surface area contributed by atoms with Crippen molar-refractivity contribution in [1.82, 2.24) is 10.2 Å². The van der Waals surface area contributed by atoms with Crippen molar-refractivity contribution in [2.45, 2.75) is 18.0 Å². The van der Waals surface area contributed by atoms with Gasteiger partial charge < -0.3 is 10.2 Å².